The molecule has 2 rings (SSSR count). The Hall–Kier alpha value is -1.81. The fraction of sp³-hybridized carbons (Fsp3) is 0.267. The minimum Gasteiger partial charge on any atom is -0.399 e. The first-order valence-electron chi connectivity index (χ1n) is 6.28. The molecule has 0 aliphatic rings. The van der Waals surface area contributed by atoms with Crippen LogP contribution in [0.1, 0.15) is 32.6 Å². The molecule has 0 bridgehead atoms. The molecule has 0 radical (unpaired) electrons. The third-order valence-corrected chi connectivity index (χ3v) is 4.32. The Morgan fingerprint density at radius 1 is 1.26 bits per heavy atom. The summed E-state index contributed by atoms with van der Waals surface area (Å²) in [6.07, 6.45) is 0.956. The molecule has 100 valence electrons. The monoisotopic (exact) mass is 274 g/mol. The normalized spacial score (nSPS) is 10.5. The summed E-state index contributed by atoms with van der Waals surface area (Å²) in [7, 11) is 0. The van der Waals surface area contributed by atoms with Crippen molar-refractivity contribution in [3.05, 3.63) is 45.1 Å². The van der Waals surface area contributed by atoms with Crippen molar-refractivity contribution in [3.8, 4) is 0 Å². The first kappa shape index (κ1) is 13.6. The van der Waals surface area contributed by atoms with Crippen LogP contribution >= 0.6 is 11.3 Å². The Bertz CT molecular complexity index is 617. The van der Waals surface area contributed by atoms with Crippen LogP contribution in [0.5, 0.6) is 0 Å². The zero-order chi connectivity index (χ0) is 14.0. The van der Waals surface area contributed by atoms with Crippen LogP contribution < -0.4 is 11.1 Å². The summed E-state index contributed by atoms with van der Waals surface area (Å²) >= 11 is 1.54. The maximum Gasteiger partial charge on any atom is 0.265 e. The van der Waals surface area contributed by atoms with E-state index in [2.05, 4.69) is 12.2 Å². The molecule has 0 fully saturated rings. The van der Waals surface area contributed by atoms with Crippen molar-refractivity contribution >= 4 is 28.6 Å². The molecular weight excluding hydrogens is 256 g/mol. The molecule has 0 saturated carbocycles. The Labute approximate surface area is 117 Å². The van der Waals surface area contributed by atoms with Gasteiger partial charge in [0.1, 0.15) is 0 Å². The number of amides is 1. The fourth-order valence-electron chi connectivity index (χ4n) is 1.85. The largest absolute Gasteiger partial charge is 0.399 e. The lowest BCUT2D eigenvalue weighted by Crippen LogP contribution is -2.11. The van der Waals surface area contributed by atoms with E-state index in [1.807, 2.05) is 38.1 Å². The second kappa shape index (κ2) is 5.45. The van der Waals surface area contributed by atoms with Gasteiger partial charge in [0, 0.05) is 16.3 Å². The van der Waals surface area contributed by atoms with Crippen LogP contribution in [0.3, 0.4) is 0 Å². The van der Waals surface area contributed by atoms with E-state index in [0.717, 1.165) is 33.8 Å². The second-order valence-corrected chi connectivity index (χ2v) is 5.77. The van der Waals surface area contributed by atoms with Gasteiger partial charge in [0.15, 0.2) is 0 Å². The van der Waals surface area contributed by atoms with E-state index in [1.54, 1.807) is 0 Å². The van der Waals surface area contributed by atoms with Crippen molar-refractivity contribution in [2.75, 3.05) is 11.1 Å². The lowest BCUT2D eigenvalue weighted by molar-refractivity contribution is 0.103. The number of rotatable bonds is 3. The quantitative estimate of drug-likeness (QED) is 0.837. The number of hydrogen-bond acceptors (Lipinski definition) is 3. The van der Waals surface area contributed by atoms with E-state index in [0.29, 0.717) is 0 Å². The van der Waals surface area contributed by atoms with Gasteiger partial charge in [-0.3, -0.25) is 4.79 Å². The maximum atomic E-state index is 12.2. The molecule has 1 aromatic heterocycles. The van der Waals surface area contributed by atoms with Crippen LogP contribution in [0.25, 0.3) is 0 Å². The van der Waals surface area contributed by atoms with Gasteiger partial charge in [-0.2, -0.15) is 0 Å². The van der Waals surface area contributed by atoms with Crippen LogP contribution in [0.15, 0.2) is 24.3 Å². The molecule has 1 amide bonds. The summed E-state index contributed by atoms with van der Waals surface area (Å²) in [5, 5.41) is 2.95. The van der Waals surface area contributed by atoms with Gasteiger partial charge >= 0.3 is 0 Å². The van der Waals surface area contributed by atoms with E-state index in [9.17, 15) is 4.79 Å². The summed E-state index contributed by atoms with van der Waals surface area (Å²) in [5.74, 6) is -0.0584. The van der Waals surface area contributed by atoms with Gasteiger partial charge in [-0.25, -0.2) is 0 Å². The highest BCUT2D eigenvalue weighted by Crippen LogP contribution is 2.24. The van der Waals surface area contributed by atoms with E-state index >= 15 is 0 Å². The number of benzene rings is 1. The molecule has 0 atom stereocenters. The molecule has 2 aromatic rings. The SMILES string of the molecule is CCc1ccc(C(=O)Nc2cc(C)c(N)cc2C)s1. The fourth-order valence-corrected chi connectivity index (χ4v) is 2.69. The van der Waals surface area contributed by atoms with E-state index in [1.165, 1.54) is 16.2 Å². The first-order valence-corrected chi connectivity index (χ1v) is 7.09. The topological polar surface area (TPSA) is 55.1 Å². The van der Waals surface area contributed by atoms with Crippen LogP contribution in [0.2, 0.25) is 0 Å². The maximum absolute atomic E-state index is 12.2. The number of carbonyl (C=O) groups excluding carboxylic acids is 1. The van der Waals surface area contributed by atoms with Crippen LogP contribution in [-0.4, -0.2) is 5.91 Å². The van der Waals surface area contributed by atoms with Gasteiger partial charge in [0.05, 0.1) is 4.88 Å². The Morgan fingerprint density at radius 2 is 2.00 bits per heavy atom. The van der Waals surface area contributed by atoms with Crippen molar-refractivity contribution in [2.45, 2.75) is 27.2 Å². The molecule has 3 nitrogen and oxygen atoms in total. The summed E-state index contributed by atoms with van der Waals surface area (Å²) in [6.45, 7) is 5.96. The summed E-state index contributed by atoms with van der Waals surface area (Å²) in [6, 6.07) is 7.67. The summed E-state index contributed by atoms with van der Waals surface area (Å²) in [5.41, 5.74) is 9.36. The van der Waals surface area contributed by atoms with Gasteiger partial charge in [-0.05, 0) is 55.7 Å². The predicted molar refractivity (Wildman–Crippen MR) is 82.0 cm³/mol. The number of hydrogen-bond donors (Lipinski definition) is 2. The smallest absolute Gasteiger partial charge is 0.265 e. The molecule has 0 aliphatic carbocycles. The molecule has 0 saturated heterocycles. The number of aryl methyl sites for hydroxylation is 3. The Morgan fingerprint density at radius 3 is 2.63 bits per heavy atom. The number of thiophene rings is 1. The first-order chi connectivity index (χ1) is 9.01. The van der Waals surface area contributed by atoms with Crippen molar-refractivity contribution in [2.24, 2.45) is 0 Å². The average Bonchev–Trinajstić information content (AvgIpc) is 2.84. The molecule has 3 N–H and O–H groups in total. The van der Waals surface area contributed by atoms with E-state index < -0.39 is 0 Å². The summed E-state index contributed by atoms with van der Waals surface area (Å²) in [4.78, 5) is 14.1. The standard InChI is InChI=1S/C15H18N2OS/c1-4-11-5-6-14(19-11)15(18)17-13-8-9(2)12(16)7-10(13)3/h5-8H,4,16H2,1-3H3,(H,17,18). The van der Waals surface area contributed by atoms with Crippen molar-refractivity contribution in [1.82, 2.24) is 0 Å². The zero-order valence-electron chi connectivity index (χ0n) is 11.4. The van der Waals surface area contributed by atoms with Gasteiger partial charge in [-0.1, -0.05) is 6.92 Å². The van der Waals surface area contributed by atoms with E-state index in [-0.39, 0.29) is 5.91 Å². The van der Waals surface area contributed by atoms with Crippen molar-refractivity contribution in [3.63, 3.8) is 0 Å². The molecule has 0 aliphatic heterocycles. The molecule has 0 spiro atoms. The van der Waals surface area contributed by atoms with Gasteiger partial charge in [-0.15, -0.1) is 11.3 Å². The molecular formula is C15H18N2OS. The van der Waals surface area contributed by atoms with Crippen molar-refractivity contribution in [1.29, 1.82) is 0 Å². The van der Waals surface area contributed by atoms with Crippen LogP contribution in [-0.2, 0) is 6.42 Å². The lowest BCUT2D eigenvalue weighted by atomic mass is 10.1. The third-order valence-electron chi connectivity index (χ3n) is 3.10. The van der Waals surface area contributed by atoms with Gasteiger partial charge in [0.25, 0.3) is 5.91 Å². The lowest BCUT2D eigenvalue weighted by Gasteiger charge is -2.10. The Kier molecular flexibility index (Phi) is 3.90. The summed E-state index contributed by atoms with van der Waals surface area (Å²) < 4.78 is 0. The molecule has 19 heavy (non-hydrogen) atoms. The van der Waals surface area contributed by atoms with Crippen molar-refractivity contribution < 1.29 is 4.79 Å². The molecule has 0 unspecified atom stereocenters. The van der Waals surface area contributed by atoms with Gasteiger partial charge < -0.3 is 11.1 Å². The molecule has 4 heteroatoms. The highest BCUT2D eigenvalue weighted by molar-refractivity contribution is 7.14. The average molecular weight is 274 g/mol. The Balaban J connectivity index is 2.21. The van der Waals surface area contributed by atoms with Crippen LogP contribution in [0.4, 0.5) is 11.4 Å². The highest BCUT2D eigenvalue weighted by atomic mass is 32.1. The number of nitrogens with two attached hydrogens (primary N) is 1. The van der Waals surface area contributed by atoms with Gasteiger partial charge in [0.2, 0.25) is 0 Å². The highest BCUT2D eigenvalue weighted by Gasteiger charge is 2.11. The van der Waals surface area contributed by atoms with Crippen LogP contribution in [0, 0.1) is 13.8 Å². The zero-order valence-corrected chi connectivity index (χ0v) is 12.2. The molecule has 1 aromatic carbocycles. The number of anilines is 2. The minimum atomic E-state index is -0.0584. The minimum absolute atomic E-state index is 0.0584. The molecule has 1 heterocycles. The second-order valence-electron chi connectivity index (χ2n) is 4.60. The third kappa shape index (κ3) is 2.96. The predicted octanol–water partition coefficient (Wildman–Crippen LogP) is 3.76. The number of nitrogens with one attached hydrogen (secondary N) is 1. The number of carbonyl (C=O) groups is 1. The number of nitrogen functional groups attached to an aromatic ring is 1. The van der Waals surface area contributed by atoms with E-state index in [4.69, 9.17) is 5.73 Å².